The summed E-state index contributed by atoms with van der Waals surface area (Å²) >= 11 is 6.27. The molecule has 5 nitrogen and oxygen atoms in total. The summed E-state index contributed by atoms with van der Waals surface area (Å²) in [5.41, 5.74) is 2.18. The third kappa shape index (κ3) is 2.55. The van der Waals surface area contributed by atoms with E-state index in [1.165, 1.54) is 0 Å². The summed E-state index contributed by atoms with van der Waals surface area (Å²) in [7, 11) is 1.60. The van der Waals surface area contributed by atoms with E-state index in [4.69, 9.17) is 16.3 Å². The van der Waals surface area contributed by atoms with E-state index in [1.807, 2.05) is 10.6 Å². The molecule has 0 bridgehead atoms. The number of carboxylic acid groups (broad SMARTS) is 1. The van der Waals surface area contributed by atoms with Crippen LogP contribution in [-0.4, -0.2) is 34.3 Å². The number of hydrogen-bond donors (Lipinski definition) is 1. The molecular formula is C14H15ClN2O3. The number of carbonyl (C=O) groups is 1. The smallest absolute Gasteiger partial charge is 0.339 e. The first-order valence-electron chi connectivity index (χ1n) is 6.09. The van der Waals surface area contributed by atoms with E-state index < -0.39 is 5.97 Å². The zero-order chi connectivity index (χ0) is 14.7. The van der Waals surface area contributed by atoms with Crippen LogP contribution in [0.3, 0.4) is 0 Å². The quantitative estimate of drug-likeness (QED) is 0.921. The number of halogens is 1. The Labute approximate surface area is 121 Å². The van der Waals surface area contributed by atoms with Crippen LogP contribution >= 0.6 is 11.6 Å². The average Bonchev–Trinajstić information content (AvgIpc) is 2.68. The van der Waals surface area contributed by atoms with E-state index in [9.17, 15) is 9.90 Å². The fraction of sp³-hybridized carbons (Fsp3) is 0.286. The van der Waals surface area contributed by atoms with Crippen molar-refractivity contribution in [3.63, 3.8) is 0 Å². The van der Waals surface area contributed by atoms with Crippen molar-refractivity contribution in [3.05, 3.63) is 40.8 Å². The Kier molecular flexibility index (Phi) is 4.42. The minimum absolute atomic E-state index is 0.127. The van der Waals surface area contributed by atoms with Crippen molar-refractivity contribution in [2.24, 2.45) is 0 Å². The Bertz CT molecular complexity index is 623. The Morgan fingerprint density at radius 1 is 1.55 bits per heavy atom. The van der Waals surface area contributed by atoms with Gasteiger partial charge in [0.05, 0.1) is 22.9 Å². The van der Waals surface area contributed by atoms with Crippen molar-refractivity contribution >= 4 is 17.6 Å². The topological polar surface area (TPSA) is 64.3 Å². The van der Waals surface area contributed by atoms with Gasteiger partial charge < -0.3 is 14.4 Å². The molecule has 0 saturated heterocycles. The molecule has 0 aromatic carbocycles. The lowest BCUT2D eigenvalue weighted by Crippen LogP contribution is -2.08. The van der Waals surface area contributed by atoms with Gasteiger partial charge in [-0.1, -0.05) is 11.6 Å². The number of aromatic carboxylic acids is 1. The molecule has 0 aliphatic heterocycles. The van der Waals surface area contributed by atoms with Gasteiger partial charge in [0, 0.05) is 37.3 Å². The predicted molar refractivity (Wildman–Crippen MR) is 76.2 cm³/mol. The van der Waals surface area contributed by atoms with Crippen molar-refractivity contribution in [3.8, 4) is 11.3 Å². The molecule has 6 heteroatoms. The fourth-order valence-corrected chi connectivity index (χ4v) is 2.62. The summed E-state index contributed by atoms with van der Waals surface area (Å²) in [5, 5.41) is 9.55. The largest absolute Gasteiger partial charge is 0.478 e. The first kappa shape index (κ1) is 14.6. The van der Waals surface area contributed by atoms with E-state index in [0.29, 0.717) is 24.5 Å². The molecule has 2 aromatic heterocycles. The highest BCUT2D eigenvalue weighted by atomic mass is 35.5. The molecule has 2 aromatic rings. The lowest BCUT2D eigenvalue weighted by atomic mass is 10.2. The monoisotopic (exact) mass is 294 g/mol. The number of aromatic nitrogens is 2. The molecule has 2 heterocycles. The van der Waals surface area contributed by atoms with Gasteiger partial charge in [-0.3, -0.25) is 4.98 Å². The molecule has 0 spiro atoms. The number of hydrogen-bond acceptors (Lipinski definition) is 3. The van der Waals surface area contributed by atoms with Crippen LogP contribution in [0.25, 0.3) is 11.3 Å². The number of ether oxygens (including phenoxy) is 1. The zero-order valence-electron chi connectivity index (χ0n) is 11.3. The first-order valence-corrected chi connectivity index (χ1v) is 6.47. The van der Waals surface area contributed by atoms with Crippen molar-refractivity contribution in [2.75, 3.05) is 13.7 Å². The Hall–Kier alpha value is -1.85. The molecule has 0 amide bonds. The highest BCUT2D eigenvalue weighted by Crippen LogP contribution is 2.35. The van der Waals surface area contributed by atoms with Crippen molar-refractivity contribution in [1.29, 1.82) is 0 Å². The standard InChI is InChI=1S/C14H15ClN2O3/c1-9-11(14(18)19)12(15)13(17(9)6-7-20-2)10-4-3-5-16-8-10/h3-5,8H,6-7H2,1-2H3,(H,18,19). The van der Waals surface area contributed by atoms with Crippen LogP contribution < -0.4 is 0 Å². The van der Waals surface area contributed by atoms with Crippen LogP contribution in [-0.2, 0) is 11.3 Å². The number of pyridine rings is 1. The Morgan fingerprint density at radius 3 is 2.85 bits per heavy atom. The maximum Gasteiger partial charge on any atom is 0.339 e. The second-order valence-electron chi connectivity index (χ2n) is 4.31. The normalized spacial score (nSPS) is 10.8. The summed E-state index contributed by atoms with van der Waals surface area (Å²) in [5.74, 6) is -1.03. The summed E-state index contributed by atoms with van der Waals surface area (Å²) in [4.78, 5) is 15.4. The second kappa shape index (κ2) is 6.07. The maximum absolute atomic E-state index is 11.4. The molecule has 0 aliphatic carbocycles. The van der Waals surface area contributed by atoms with Crippen LogP contribution in [0.4, 0.5) is 0 Å². The number of rotatable bonds is 5. The van der Waals surface area contributed by atoms with Gasteiger partial charge in [0.1, 0.15) is 0 Å². The molecule has 0 atom stereocenters. The number of nitrogens with zero attached hydrogens (tertiary/aromatic N) is 2. The lowest BCUT2D eigenvalue weighted by Gasteiger charge is -2.11. The lowest BCUT2D eigenvalue weighted by molar-refractivity contribution is 0.0696. The summed E-state index contributed by atoms with van der Waals surface area (Å²) in [6.45, 7) is 2.74. The van der Waals surface area contributed by atoms with Crippen molar-refractivity contribution < 1.29 is 14.6 Å². The molecule has 0 saturated carbocycles. The number of methoxy groups -OCH3 is 1. The molecular weight excluding hydrogens is 280 g/mol. The molecule has 0 aliphatic rings. The van der Waals surface area contributed by atoms with Gasteiger partial charge in [-0.05, 0) is 19.1 Å². The first-order chi connectivity index (χ1) is 9.57. The fourth-order valence-electron chi connectivity index (χ4n) is 2.19. The van der Waals surface area contributed by atoms with E-state index in [2.05, 4.69) is 4.98 Å². The predicted octanol–water partition coefficient (Wildman–Crippen LogP) is 2.86. The van der Waals surface area contributed by atoms with Gasteiger partial charge in [0.2, 0.25) is 0 Å². The molecule has 2 rings (SSSR count). The van der Waals surface area contributed by atoms with E-state index in [0.717, 1.165) is 5.56 Å². The molecule has 106 valence electrons. The maximum atomic E-state index is 11.4. The molecule has 1 N–H and O–H groups in total. The van der Waals surface area contributed by atoms with E-state index in [-0.39, 0.29) is 10.6 Å². The Morgan fingerprint density at radius 2 is 2.30 bits per heavy atom. The minimum atomic E-state index is -1.03. The Balaban J connectivity index is 2.64. The van der Waals surface area contributed by atoms with Gasteiger partial charge in [0.25, 0.3) is 0 Å². The highest BCUT2D eigenvalue weighted by Gasteiger charge is 2.24. The van der Waals surface area contributed by atoms with Gasteiger partial charge in [-0.25, -0.2) is 4.79 Å². The van der Waals surface area contributed by atoms with Crippen LogP contribution in [0.15, 0.2) is 24.5 Å². The molecule has 0 radical (unpaired) electrons. The van der Waals surface area contributed by atoms with E-state index >= 15 is 0 Å². The van der Waals surface area contributed by atoms with Crippen LogP contribution in [0.2, 0.25) is 5.02 Å². The zero-order valence-corrected chi connectivity index (χ0v) is 12.0. The molecule has 0 fully saturated rings. The van der Waals surface area contributed by atoms with Crippen molar-refractivity contribution in [2.45, 2.75) is 13.5 Å². The second-order valence-corrected chi connectivity index (χ2v) is 4.69. The van der Waals surface area contributed by atoms with Crippen LogP contribution in [0, 0.1) is 6.92 Å². The van der Waals surface area contributed by atoms with Gasteiger partial charge >= 0.3 is 5.97 Å². The van der Waals surface area contributed by atoms with Crippen LogP contribution in [0.5, 0.6) is 0 Å². The average molecular weight is 295 g/mol. The van der Waals surface area contributed by atoms with Gasteiger partial charge in [-0.2, -0.15) is 0 Å². The summed E-state index contributed by atoms with van der Waals surface area (Å²) in [6.07, 6.45) is 3.32. The summed E-state index contributed by atoms with van der Waals surface area (Å²) in [6, 6.07) is 3.64. The van der Waals surface area contributed by atoms with Crippen molar-refractivity contribution in [1.82, 2.24) is 9.55 Å². The minimum Gasteiger partial charge on any atom is -0.478 e. The SMILES string of the molecule is COCCn1c(C)c(C(=O)O)c(Cl)c1-c1cccnc1. The molecule has 20 heavy (non-hydrogen) atoms. The highest BCUT2D eigenvalue weighted by molar-refractivity contribution is 6.36. The molecule has 0 unspecified atom stereocenters. The number of carboxylic acids is 1. The third-order valence-corrected chi connectivity index (χ3v) is 3.50. The van der Waals surface area contributed by atoms with Gasteiger partial charge in [-0.15, -0.1) is 0 Å². The van der Waals surface area contributed by atoms with Gasteiger partial charge in [0.15, 0.2) is 0 Å². The van der Waals surface area contributed by atoms with E-state index in [1.54, 1.807) is 32.5 Å². The summed E-state index contributed by atoms with van der Waals surface area (Å²) < 4.78 is 6.93. The third-order valence-electron chi connectivity index (χ3n) is 3.13. The van der Waals surface area contributed by atoms with Crippen LogP contribution in [0.1, 0.15) is 16.1 Å².